The van der Waals surface area contributed by atoms with E-state index in [0.717, 1.165) is 23.3 Å². The van der Waals surface area contributed by atoms with Gasteiger partial charge >= 0.3 is 0 Å². The zero-order valence-electron chi connectivity index (χ0n) is 11.7. The number of hydrogen-bond acceptors (Lipinski definition) is 3. The molecule has 1 aliphatic carbocycles. The van der Waals surface area contributed by atoms with Crippen LogP contribution in [0.2, 0.25) is 0 Å². The predicted molar refractivity (Wildman–Crippen MR) is 79.7 cm³/mol. The fraction of sp³-hybridized carbons (Fsp3) is 0.688. The number of thiophene rings is 1. The van der Waals surface area contributed by atoms with Crippen LogP contribution in [0.1, 0.15) is 42.3 Å². The lowest BCUT2D eigenvalue weighted by Crippen LogP contribution is -2.35. The Morgan fingerprint density at radius 3 is 2.47 bits per heavy atom. The van der Waals surface area contributed by atoms with Crippen molar-refractivity contribution in [1.82, 2.24) is 4.90 Å². The lowest BCUT2D eigenvalue weighted by atomic mass is 9.84. The van der Waals surface area contributed by atoms with Gasteiger partial charge in [0, 0.05) is 25.6 Å². The van der Waals surface area contributed by atoms with E-state index in [2.05, 4.69) is 11.8 Å². The zero-order chi connectivity index (χ0) is 13.2. The van der Waals surface area contributed by atoms with Crippen LogP contribution < -0.4 is 0 Å². The van der Waals surface area contributed by atoms with Crippen molar-refractivity contribution in [2.75, 3.05) is 19.6 Å². The number of Topliss-reactive ketones (excluding diaryl/α,β-unsaturated/α-hetero) is 1. The summed E-state index contributed by atoms with van der Waals surface area (Å²) in [5.41, 5.74) is 0. The highest BCUT2D eigenvalue weighted by molar-refractivity contribution is 7.12. The Kier molecular flexibility index (Phi) is 4.04. The van der Waals surface area contributed by atoms with Crippen molar-refractivity contribution in [3.8, 4) is 0 Å². The highest BCUT2D eigenvalue weighted by Crippen LogP contribution is 2.34. The average molecular weight is 277 g/mol. The Hall–Kier alpha value is -0.670. The molecule has 3 heteroatoms. The summed E-state index contributed by atoms with van der Waals surface area (Å²) < 4.78 is 0. The Labute approximate surface area is 119 Å². The molecule has 1 unspecified atom stereocenters. The summed E-state index contributed by atoms with van der Waals surface area (Å²) in [6.07, 6.45) is 5.64. The van der Waals surface area contributed by atoms with E-state index >= 15 is 0 Å². The van der Waals surface area contributed by atoms with Crippen LogP contribution in [0.25, 0.3) is 0 Å². The first-order valence-electron chi connectivity index (χ1n) is 7.52. The third kappa shape index (κ3) is 3.09. The van der Waals surface area contributed by atoms with Crippen LogP contribution in [-0.2, 0) is 0 Å². The highest BCUT2D eigenvalue weighted by Gasteiger charge is 2.30. The molecule has 2 nitrogen and oxygen atoms in total. The lowest BCUT2D eigenvalue weighted by molar-refractivity contribution is 0.0893. The molecule has 0 amide bonds. The minimum Gasteiger partial charge on any atom is -0.302 e. The van der Waals surface area contributed by atoms with Crippen molar-refractivity contribution in [3.05, 3.63) is 22.4 Å². The van der Waals surface area contributed by atoms with E-state index in [-0.39, 0.29) is 5.92 Å². The monoisotopic (exact) mass is 277 g/mol. The van der Waals surface area contributed by atoms with Gasteiger partial charge in [0.1, 0.15) is 0 Å². The van der Waals surface area contributed by atoms with E-state index in [9.17, 15) is 4.79 Å². The van der Waals surface area contributed by atoms with Gasteiger partial charge in [-0.25, -0.2) is 0 Å². The molecule has 1 saturated carbocycles. The van der Waals surface area contributed by atoms with Crippen molar-refractivity contribution in [1.29, 1.82) is 0 Å². The molecule has 19 heavy (non-hydrogen) atoms. The molecule has 3 heterocycles. The SMILES string of the molecule is CC(CN1CC2CCC(CC2)C1)C(=O)c1cccs1. The summed E-state index contributed by atoms with van der Waals surface area (Å²) in [5.74, 6) is 2.24. The van der Waals surface area contributed by atoms with Crippen LogP contribution in [0, 0.1) is 17.8 Å². The van der Waals surface area contributed by atoms with Gasteiger partial charge in [0.15, 0.2) is 5.78 Å². The third-order valence-electron chi connectivity index (χ3n) is 4.74. The molecule has 0 radical (unpaired) electrons. The van der Waals surface area contributed by atoms with Gasteiger partial charge in [-0.05, 0) is 49.0 Å². The van der Waals surface area contributed by atoms with E-state index in [1.54, 1.807) is 11.3 Å². The summed E-state index contributed by atoms with van der Waals surface area (Å²) in [5, 5.41) is 1.99. The topological polar surface area (TPSA) is 20.3 Å². The van der Waals surface area contributed by atoms with Gasteiger partial charge in [0.2, 0.25) is 0 Å². The fourth-order valence-corrected chi connectivity index (χ4v) is 4.46. The number of ketones is 1. The van der Waals surface area contributed by atoms with Crippen LogP contribution in [0.15, 0.2) is 17.5 Å². The minimum absolute atomic E-state index is 0.135. The van der Waals surface area contributed by atoms with Gasteiger partial charge < -0.3 is 4.90 Å². The van der Waals surface area contributed by atoms with E-state index in [0.29, 0.717) is 5.78 Å². The molecule has 0 spiro atoms. The molecular formula is C16H23NOS. The van der Waals surface area contributed by atoms with Crippen molar-refractivity contribution in [2.24, 2.45) is 17.8 Å². The average Bonchev–Trinajstić information content (AvgIpc) is 2.80. The first-order valence-corrected chi connectivity index (χ1v) is 8.40. The number of fused-ring (bicyclic) bond motifs is 4. The summed E-state index contributed by atoms with van der Waals surface area (Å²) in [6.45, 7) is 5.48. The molecule has 2 aliphatic heterocycles. The molecule has 2 bridgehead atoms. The molecule has 2 saturated heterocycles. The van der Waals surface area contributed by atoms with Gasteiger partial charge in [-0.1, -0.05) is 13.0 Å². The van der Waals surface area contributed by atoms with Gasteiger partial charge in [0.25, 0.3) is 0 Å². The van der Waals surface area contributed by atoms with Crippen LogP contribution in [-0.4, -0.2) is 30.3 Å². The summed E-state index contributed by atoms with van der Waals surface area (Å²) in [7, 11) is 0. The van der Waals surface area contributed by atoms with E-state index in [4.69, 9.17) is 0 Å². The van der Waals surface area contributed by atoms with E-state index < -0.39 is 0 Å². The highest BCUT2D eigenvalue weighted by atomic mass is 32.1. The maximum absolute atomic E-state index is 12.3. The Bertz CT molecular complexity index is 406. The molecule has 104 valence electrons. The number of nitrogens with zero attached hydrogens (tertiary/aromatic N) is 1. The van der Waals surface area contributed by atoms with Gasteiger partial charge in [0.05, 0.1) is 4.88 Å². The second-order valence-corrected chi connectivity index (χ2v) is 7.30. The molecule has 1 aromatic heterocycles. The Morgan fingerprint density at radius 2 is 1.95 bits per heavy atom. The third-order valence-corrected chi connectivity index (χ3v) is 5.63. The quantitative estimate of drug-likeness (QED) is 0.782. The predicted octanol–water partition coefficient (Wildman–Crippen LogP) is 3.69. The van der Waals surface area contributed by atoms with Gasteiger partial charge in [-0.3, -0.25) is 4.79 Å². The Morgan fingerprint density at radius 1 is 1.32 bits per heavy atom. The number of carbonyl (C=O) groups excluding carboxylic acids is 1. The molecule has 1 aromatic rings. The maximum atomic E-state index is 12.3. The Balaban J connectivity index is 1.60. The van der Waals surface area contributed by atoms with Crippen molar-refractivity contribution in [3.63, 3.8) is 0 Å². The van der Waals surface area contributed by atoms with Crippen LogP contribution in [0.3, 0.4) is 0 Å². The maximum Gasteiger partial charge on any atom is 0.176 e. The van der Waals surface area contributed by atoms with Gasteiger partial charge in [-0.2, -0.15) is 0 Å². The summed E-state index contributed by atoms with van der Waals surface area (Å²) >= 11 is 1.57. The van der Waals surface area contributed by atoms with E-state index in [1.165, 1.54) is 38.8 Å². The summed E-state index contributed by atoms with van der Waals surface area (Å²) in [6, 6.07) is 3.92. The summed E-state index contributed by atoms with van der Waals surface area (Å²) in [4.78, 5) is 15.8. The van der Waals surface area contributed by atoms with Crippen molar-refractivity contribution < 1.29 is 4.79 Å². The van der Waals surface area contributed by atoms with Gasteiger partial charge in [-0.15, -0.1) is 11.3 Å². The smallest absolute Gasteiger partial charge is 0.176 e. The zero-order valence-corrected chi connectivity index (χ0v) is 12.5. The van der Waals surface area contributed by atoms with Crippen molar-refractivity contribution in [2.45, 2.75) is 32.6 Å². The first kappa shape index (κ1) is 13.3. The van der Waals surface area contributed by atoms with Crippen LogP contribution >= 0.6 is 11.3 Å². The molecule has 1 atom stereocenters. The number of rotatable bonds is 4. The second-order valence-electron chi connectivity index (χ2n) is 6.35. The fourth-order valence-electron chi connectivity index (χ4n) is 3.68. The molecule has 0 N–H and O–H groups in total. The first-order chi connectivity index (χ1) is 9.22. The standard InChI is InChI=1S/C16H23NOS/c1-12(16(18)15-3-2-8-19-15)9-17-10-13-4-5-14(11-17)7-6-13/h2-3,8,12-14H,4-7,9-11H2,1H3. The molecule has 3 aliphatic rings. The minimum atomic E-state index is 0.135. The molecule has 0 aromatic carbocycles. The number of carbonyl (C=O) groups is 1. The van der Waals surface area contributed by atoms with E-state index in [1.807, 2.05) is 17.5 Å². The lowest BCUT2D eigenvalue weighted by Gasteiger charge is -2.25. The van der Waals surface area contributed by atoms with Crippen LogP contribution in [0.4, 0.5) is 0 Å². The van der Waals surface area contributed by atoms with Crippen molar-refractivity contribution >= 4 is 17.1 Å². The molecule has 4 rings (SSSR count). The normalized spacial score (nSPS) is 29.1. The van der Waals surface area contributed by atoms with Crippen LogP contribution in [0.5, 0.6) is 0 Å². The second kappa shape index (κ2) is 5.76. The molecule has 3 fully saturated rings. The number of hydrogen-bond donors (Lipinski definition) is 0. The molecular weight excluding hydrogens is 254 g/mol. The largest absolute Gasteiger partial charge is 0.302 e.